The van der Waals surface area contributed by atoms with Crippen molar-refractivity contribution in [1.82, 2.24) is 0 Å². The van der Waals surface area contributed by atoms with E-state index >= 15 is 0 Å². The second kappa shape index (κ2) is 14.0. The molecule has 2 fully saturated rings. The number of hydrogen-bond acceptors (Lipinski definition) is 0. The fourth-order valence-corrected chi connectivity index (χ4v) is 3.32. The Morgan fingerprint density at radius 1 is 0.588 bits per heavy atom. The zero-order valence-corrected chi connectivity index (χ0v) is 16.5. The summed E-state index contributed by atoms with van der Waals surface area (Å²) < 4.78 is 0. The van der Waals surface area contributed by atoms with Gasteiger partial charge in [-0.3, -0.25) is 0 Å². The molecule has 2 saturated carbocycles. The van der Waals surface area contributed by atoms with Gasteiger partial charge in [-0.1, -0.05) is 64.2 Å². The molecule has 0 aromatic carbocycles. The molecule has 0 N–H and O–H groups in total. The molecule has 0 aromatic heterocycles. The topological polar surface area (TPSA) is 0 Å². The Balaban J connectivity index is -0.000000490. The first kappa shape index (κ1) is 23.6. The SMILES string of the molecule is C1CCC(CC2CCCCC2)CC1.P.[CH3-].[CH3-].[Y]. The van der Waals surface area contributed by atoms with Crippen molar-refractivity contribution >= 4 is 9.90 Å². The average Bonchev–Trinajstić information content (AvgIpc) is 2.21. The summed E-state index contributed by atoms with van der Waals surface area (Å²) in [7, 11) is 0. The van der Waals surface area contributed by atoms with Crippen LogP contribution in [0, 0.1) is 26.7 Å². The summed E-state index contributed by atoms with van der Waals surface area (Å²) in [5.74, 6) is 2.24. The molecular formula is C15H33PY-2. The molecule has 1 unspecified atom stereocenters. The van der Waals surface area contributed by atoms with Crippen LogP contribution in [-0.4, -0.2) is 0 Å². The summed E-state index contributed by atoms with van der Waals surface area (Å²) in [6.07, 6.45) is 16.9. The molecule has 1 radical (unpaired) electrons. The number of hydrogen-bond donors (Lipinski definition) is 0. The molecule has 2 rings (SSSR count). The van der Waals surface area contributed by atoms with E-state index in [0.717, 1.165) is 11.8 Å². The van der Waals surface area contributed by atoms with Crippen LogP contribution in [0.3, 0.4) is 0 Å². The van der Waals surface area contributed by atoms with Gasteiger partial charge in [0.15, 0.2) is 0 Å². The third kappa shape index (κ3) is 9.12. The summed E-state index contributed by atoms with van der Waals surface area (Å²) in [4.78, 5) is 0. The van der Waals surface area contributed by atoms with Crippen LogP contribution in [0.5, 0.6) is 0 Å². The number of rotatable bonds is 2. The maximum atomic E-state index is 1.58. The molecule has 2 aliphatic rings. The zero-order chi connectivity index (χ0) is 8.93. The van der Waals surface area contributed by atoms with Gasteiger partial charge in [-0.2, -0.15) is 9.90 Å². The van der Waals surface area contributed by atoms with E-state index in [4.69, 9.17) is 0 Å². The summed E-state index contributed by atoms with van der Waals surface area (Å²) in [5, 5.41) is 0. The van der Waals surface area contributed by atoms with Gasteiger partial charge >= 0.3 is 0 Å². The van der Waals surface area contributed by atoms with Crippen molar-refractivity contribution < 1.29 is 32.7 Å². The standard InChI is InChI=1S/C13H24.2CH3.H3P.Y/c1-3-7-12(8-4-1)11-13-9-5-2-6-10-13;;;;/h12-13H,1-11H2;3*1H3;/q;2*-1;;. The molecule has 0 saturated heterocycles. The summed E-state index contributed by atoms with van der Waals surface area (Å²) in [5.41, 5.74) is 0. The summed E-state index contributed by atoms with van der Waals surface area (Å²) in [6, 6.07) is 0. The normalized spacial score (nSPS) is 21.2. The first-order valence-electron chi connectivity index (χ1n) is 6.45. The molecule has 2 aliphatic carbocycles. The maximum Gasteiger partial charge on any atom is 0 e. The van der Waals surface area contributed by atoms with E-state index in [-0.39, 0.29) is 57.5 Å². The summed E-state index contributed by atoms with van der Waals surface area (Å²) in [6.45, 7) is 0. The second-order valence-electron chi connectivity index (χ2n) is 5.24. The van der Waals surface area contributed by atoms with Gasteiger partial charge in [-0.05, 0) is 18.3 Å². The van der Waals surface area contributed by atoms with E-state index < -0.39 is 0 Å². The summed E-state index contributed by atoms with van der Waals surface area (Å²) >= 11 is 0. The van der Waals surface area contributed by atoms with Crippen molar-refractivity contribution in [3.63, 3.8) is 0 Å². The molecular weight excluding hydrogens is 300 g/mol. The fraction of sp³-hybridized carbons (Fsp3) is 0.867. The molecule has 0 nitrogen and oxygen atoms in total. The van der Waals surface area contributed by atoms with E-state index in [1.807, 2.05) is 0 Å². The van der Waals surface area contributed by atoms with Crippen LogP contribution < -0.4 is 0 Å². The Hall–Kier alpha value is 1.53. The van der Waals surface area contributed by atoms with Gasteiger partial charge in [-0.15, -0.1) is 0 Å². The van der Waals surface area contributed by atoms with Crippen LogP contribution in [0.25, 0.3) is 0 Å². The van der Waals surface area contributed by atoms with E-state index in [2.05, 4.69) is 0 Å². The van der Waals surface area contributed by atoms with Crippen LogP contribution in [-0.2, 0) is 32.7 Å². The van der Waals surface area contributed by atoms with Crippen LogP contribution in [0.4, 0.5) is 0 Å². The van der Waals surface area contributed by atoms with Gasteiger partial charge in [-0.25, -0.2) is 0 Å². The van der Waals surface area contributed by atoms with Gasteiger partial charge in [0.05, 0.1) is 0 Å². The Kier molecular flexibility index (Phi) is 19.4. The Morgan fingerprint density at radius 3 is 1.18 bits per heavy atom. The van der Waals surface area contributed by atoms with Crippen LogP contribution in [0.2, 0.25) is 0 Å². The first-order valence-corrected chi connectivity index (χ1v) is 6.45. The minimum atomic E-state index is 0. The smallest absolute Gasteiger partial charge is 0 e. The second-order valence-corrected chi connectivity index (χ2v) is 5.24. The van der Waals surface area contributed by atoms with Crippen molar-refractivity contribution in [3.8, 4) is 0 Å². The van der Waals surface area contributed by atoms with E-state index in [9.17, 15) is 0 Å². The first-order chi connectivity index (χ1) is 6.45. The molecule has 0 spiro atoms. The molecule has 0 amide bonds. The van der Waals surface area contributed by atoms with Crippen LogP contribution in [0.15, 0.2) is 0 Å². The quantitative estimate of drug-likeness (QED) is 0.463. The van der Waals surface area contributed by atoms with E-state index in [1.165, 1.54) is 38.5 Å². The van der Waals surface area contributed by atoms with Crippen molar-refractivity contribution in [2.24, 2.45) is 11.8 Å². The van der Waals surface area contributed by atoms with Gasteiger partial charge in [0.2, 0.25) is 0 Å². The maximum absolute atomic E-state index is 1.58. The van der Waals surface area contributed by atoms with Crippen LogP contribution >= 0.6 is 9.90 Å². The molecule has 0 heterocycles. The molecule has 1 atom stereocenters. The van der Waals surface area contributed by atoms with Crippen molar-refractivity contribution in [2.75, 3.05) is 0 Å². The zero-order valence-electron chi connectivity index (χ0n) is 12.2. The third-order valence-corrected chi connectivity index (χ3v) is 4.12. The molecule has 0 aromatic rings. The molecule has 103 valence electrons. The minimum absolute atomic E-state index is 0. The van der Waals surface area contributed by atoms with Crippen molar-refractivity contribution in [1.29, 1.82) is 0 Å². The van der Waals surface area contributed by atoms with Crippen molar-refractivity contribution in [2.45, 2.75) is 70.6 Å². The van der Waals surface area contributed by atoms with Gasteiger partial charge in [0.25, 0.3) is 0 Å². The predicted octanol–water partition coefficient (Wildman–Crippen LogP) is 5.49. The van der Waals surface area contributed by atoms with Crippen LogP contribution in [0.1, 0.15) is 70.6 Å². The largest absolute Gasteiger partial charge is 0.358 e. The van der Waals surface area contributed by atoms with Gasteiger partial charge < -0.3 is 14.9 Å². The third-order valence-electron chi connectivity index (χ3n) is 4.12. The molecule has 0 bridgehead atoms. The average molecular weight is 333 g/mol. The molecule has 2 heteroatoms. The minimum Gasteiger partial charge on any atom is -0.358 e. The molecule has 0 aliphatic heterocycles. The van der Waals surface area contributed by atoms with E-state index in [0.29, 0.717) is 0 Å². The monoisotopic (exact) mass is 333 g/mol. The Labute approximate surface area is 139 Å². The van der Waals surface area contributed by atoms with Gasteiger partial charge in [0, 0.05) is 32.7 Å². The Morgan fingerprint density at radius 2 is 0.882 bits per heavy atom. The van der Waals surface area contributed by atoms with Gasteiger partial charge in [0.1, 0.15) is 0 Å². The fourth-order valence-electron chi connectivity index (χ4n) is 3.32. The van der Waals surface area contributed by atoms with E-state index in [1.54, 1.807) is 32.1 Å². The Bertz CT molecular complexity index is 122. The van der Waals surface area contributed by atoms with Crippen molar-refractivity contribution in [3.05, 3.63) is 14.9 Å². The molecule has 17 heavy (non-hydrogen) atoms. The predicted molar refractivity (Wildman–Crippen MR) is 81.7 cm³/mol.